The average Bonchev–Trinajstić information content (AvgIpc) is 2.68. The summed E-state index contributed by atoms with van der Waals surface area (Å²) in [5.41, 5.74) is 2.05. The van der Waals surface area contributed by atoms with Gasteiger partial charge in [-0.3, -0.25) is 14.9 Å². The lowest BCUT2D eigenvalue weighted by Crippen LogP contribution is -2.14. The number of hydrogen-bond acceptors (Lipinski definition) is 6. The molecule has 3 aromatic rings. The number of aromatic nitrogens is 2. The molecule has 0 atom stereocenters. The fourth-order valence-electron chi connectivity index (χ4n) is 2.19. The number of amides is 1. The second-order valence-corrected chi connectivity index (χ2v) is 6.26. The Morgan fingerprint density at radius 2 is 1.85 bits per heavy atom. The summed E-state index contributed by atoms with van der Waals surface area (Å²) in [4.78, 5) is 22.3. The maximum absolute atomic E-state index is 12.0. The summed E-state index contributed by atoms with van der Waals surface area (Å²) in [5, 5.41) is 22.3. The molecular formula is C18H14N4O3S. The van der Waals surface area contributed by atoms with Gasteiger partial charge in [0.05, 0.1) is 16.4 Å². The Morgan fingerprint density at radius 1 is 1.04 bits per heavy atom. The number of anilines is 1. The molecule has 1 heterocycles. The molecule has 1 N–H and O–H groups in total. The Bertz CT molecular complexity index is 917. The summed E-state index contributed by atoms with van der Waals surface area (Å²) in [7, 11) is 0. The van der Waals surface area contributed by atoms with Crippen LogP contribution in [0.25, 0.3) is 11.3 Å². The predicted octanol–water partition coefficient (Wildman–Crippen LogP) is 3.78. The van der Waals surface area contributed by atoms with E-state index in [1.54, 1.807) is 12.1 Å². The van der Waals surface area contributed by atoms with Crippen molar-refractivity contribution in [2.75, 3.05) is 11.1 Å². The van der Waals surface area contributed by atoms with Crippen molar-refractivity contribution in [1.29, 1.82) is 0 Å². The zero-order valence-corrected chi connectivity index (χ0v) is 14.3. The summed E-state index contributed by atoms with van der Waals surface area (Å²) in [6.07, 6.45) is 0. The summed E-state index contributed by atoms with van der Waals surface area (Å²) in [6, 6.07) is 19.2. The lowest BCUT2D eigenvalue weighted by Gasteiger charge is -2.05. The van der Waals surface area contributed by atoms with Crippen LogP contribution in [0.3, 0.4) is 0 Å². The predicted molar refractivity (Wildman–Crippen MR) is 99.9 cm³/mol. The Labute approximate surface area is 153 Å². The van der Waals surface area contributed by atoms with Gasteiger partial charge in [0.25, 0.3) is 5.69 Å². The molecule has 3 rings (SSSR count). The fraction of sp³-hybridized carbons (Fsp3) is 0.0556. The highest BCUT2D eigenvalue weighted by Crippen LogP contribution is 2.21. The second kappa shape index (κ2) is 8.21. The number of thioether (sulfide) groups is 1. The van der Waals surface area contributed by atoms with E-state index < -0.39 is 4.92 Å². The second-order valence-electron chi connectivity index (χ2n) is 5.27. The average molecular weight is 366 g/mol. The lowest BCUT2D eigenvalue weighted by molar-refractivity contribution is -0.384. The number of nitrogens with zero attached hydrogens (tertiary/aromatic N) is 3. The van der Waals surface area contributed by atoms with Crippen molar-refractivity contribution in [1.82, 2.24) is 10.2 Å². The molecule has 0 aliphatic heterocycles. The van der Waals surface area contributed by atoms with Crippen LogP contribution in [-0.4, -0.2) is 26.8 Å². The largest absolute Gasteiger partial charge is 0.325 e. The van der Waals surface area contributed by atoms with Gasteiger partial charge in [-0.1, -0.05) is 48.2 Å². The molecule has 0 saturated heterocycles. The highest BCUT2D eigenvalue weighted by atomic mass is 32.2. The first-order valence-electron chi connectivity index (χ1n) is 7.68. The van der Waals surface area contributed by atoms with Crippen molar-refractivity contribution >= 4 is 29.0 Å². The van der Waals surface area contributed by atoms with Crippen LogP contribution in [0, 0.1) is 10.1 Å². The van der Waals surface area contributed by atoms with Gasteiger partial charge in [-0.05, 0) is 18.2 Å². The van der Waals surface area contributed by atoms with Crippen molar-refractivity contribution in [3.63, 3.8) is 0 Å². The summed E-state index contributed by atoms with van der Waals surface area (Å²) in [5.74, 6) is -0.147. The highest BCUT2D eigenvalue weighted by molar-refractivity contribution is 7.99. The van der Waals surface area contributed by atoms with Crippen LogP contribution < -0.4 is 5.32 Å². The van der Waals surface area contributed by atoms with E-state index in [-0.39, 0.29) is 17.3 Å². The molecule has 26 heavy (non-hydrogen) atoms. The van der Waals surface area contributed by atoms with Gasteiger partial charge in [-0.2, -0.15) is 0 Å². The molecule has 0 spiro atoms. The number of rotatable bonds is 6. The zero-order chi connectivity index (χ0) is 18.4. The summed E-state index contributed by atoms with van der Waals surface area (Å²) >= 11 is 1.24. The Kier molecular flexibility index (Phi) is 5.55. The van der Waals surface area contributed by atoms with Gasteiger partial charge < -0.3 is 5.32 Å². The first-order chi connectivity index (χ1) is 12.6. The van der Waals surface area contributed by atoms with Gasteiger partial charge >= 0.3 is 0 Å². The number of carbonyl (C=O) groups excluding carboxylic acids is 1. The molecule has 2 aromatic carbocycles. The van der Waals surface area contributed by atoms with Crippen molar-refractivity contribution in [2.24, 2.45) is 0 Å². The molecule has 0 radical (unpaired) electrons. The van der Waals surface area contributed by atoms with Crippen molar-refractivity contribution in [3.05, 3.63) is 76.8 Å². The van der Waals surface area contributed by atoms with E-state index in [4.69, 9.17) is 0 Å². The van der Waals surface area contributed by atoms with Crippen LogP contribution in [-0.2, 0) is 4.79 Å². The SMILES string of the molecule is O=C(CSc1ccc(-c2ccccc2)nn1)Nc1cccc([N+](=O)[O-])c1. The Hall–Kier alpha value is -3.26. The Balaban J connectivity index is 1.56. The third-order valence-electron chi connectivity index (χ3n) is 3.40. The van der Waals surface area contributed by atoms with Gasteiger partial charge in [-0.25, -0.2) is 0 Å². The zero-order valence-electron chi connectivity index (χ0n) is 13.5. The molecule has 8 heteroatoms. The van der Waals surface area contributed by atoms with E-state index in [0.717, 1.165) is 11.3 Å². The first-order valence-corrected chi connectivity index (χ1v) is 8.66. The molecule has 1 aromatic heterocycles. The molecular weight excluding hydrogens is 352 g/mol. The highest BCUT2D eigenvalue weighted by Gasteiger charge is 2.09. The number of hydrogen-bond donors (Lipinski definition) is 1. The van der Waals surface area contributed by atoms with Crippen LogP contribution in [0.1, 0.15) is 0 Å². The molecule has 7 nitrogen and oxygen atoms in total. The third kappa shape index (κ3) is 4.64. The maximum atomic E-state index is 12.0. The maximum Gasteiger partial charge on any atom is 0.271 e. The van der Waals surface area contributed by atoms with Crippen LogP contribution in [0.15, 0.2) is 71.8 Å². The molecule has 130 valence electrons. The van der Waals surface area contributed by atoms with Crippen LogP contribution in [0.5, 0.6) is 0 Å². The quantitative estimate of drug-likeness (QED) is 0.405. The minimum Gasteiger partial charge on any atom is -0.325 e. The topological polar surface area (TPSA) is 98.0 Å². The molecule has 0 aliphatic rings. The molecule has 0 unspecified atom stereocenters. The standard InChI is InChI=1S/C18H14N4O3S/c23-17(19-14-7-4-8-15(11-14)22(24)25)12-26-18-10-9-16(20-21-18)13-5-2-1-3-6-13/h1-11H,12H2,(H,19,23). The number of nitrogens with one attached hydrogen (secondary N) is 1. The Morgan fingerprint density at radius 3 is 2.54 bits per heavy atom. The monoisotopic (exact) mass is 366 g/mol. The minimum atomic E-state index is -0.506. The molecule has 0 fully saturated rings. The van der Waals surface area contributed by atoms with Gasteiger partial charge in [0.1, 0.15) is 5.03 Å². The van der Waals surface area contributed by atoms with Gasteiger partial charge in [-0.15, -0.1) is 10.2 Å². The first kappa shape index (κ1) is 17.6. The molecule has 1 amide bonds. The molecule has 0 saturated carbocycles. The number of non-ortho nitro benzene ring substituents is 1. The van der Waals surface area contributed by atoms with E-state index in [9.17, 15) is 14.9 Å². The smallest absolute Gasteiger partial charge is 0.271 e. The molecule has 0 bridgehead atoms. The van der Waals surface area contributed by atoms with E-state index >= 15 is 0 Å². The van der Waals surface area contributed by atoms with Crippen LogP contribution in [0.4, 0.5) is 11.4 Å². The van der Waals surface area contributed by atoms with Gasteiger partial charge in [0.15, 0.2) is 0 Å². The van der Waals surface area contributed by atoms with E-state index in [1.165, 1.54) is 30.0 Å². The number of nitro benzene ring substituents is 1. The fourth-order valence-corrected chi connectivity index (χ4v) is 2.81. The van der Waals surface area contributed by atoms with E-state index in [1.807, 2.05) is 36.4 Å². The van der Waals surface area contributed by atoms with Crippen molar-refractivity contribution in [2.45, 2.75) is 5.03 Å². The number of nitro groups is 1. The normalized spacial score (nSPS) is 10.3. The summed E-state index contributed by atoms with van der Waals surface area (Å²) in [6.45, 7) is 0. The number of carbonyl (C=O) groups is 1. The molecule has 0 aliphatic carbocycles. The van der Waals surface area contributed by atoms with Crippen molar-refractivity contribution < 1.29 is 9.72 Å². The van der Waals surface area contributed by atoms with Crippen LogP contribution >= 0.6 is 11.8 Å². The minimum absolute atomic E-state index is 0.0715. The van der Waals surface area contributed by atoms with Gasteiger partial charge in [0, 0.05) is 23.4 Å². The summed E-state index contributed by atoms with van der Waals surface area (Å²) < 4.78 is 0. The van der Waals surface area contributed by atoms with Crippen LogP contribution in [0.2, 0.25) is 0 Å². The van der Waals surface area contributed by atoms with Crippen molar-refractivity contribution in [3.8, 4) is 11.3 Å². The van der Waals surface area contributed by atoms with Gasteiger partial charge in [0.2, 0.25) is 5.91 Å². The third-order valence-corrected chi connectivity index (χ3v) is 4.32. The van der Waals surface area contributed by atoms with E-state index in [2.05, 4.69) is 15.5 Å². The lowest BCUT2D eigenvalue weighted by atomic mass is 10.1. The number of benzene rings is 2. The van der Waals surface area contributed by atoms with E-state index in [0.29, 0.717) is 10.7 Å².